The summed E-state index contributed by atoms with van der Waals surface area (Å²) in [6, 6.07) is 0.0167. The predicted octanol–water partition coefficient (Wildman–Crippen LogP) is -0.454. The zero-order valence-electron chi connectivity index (χ0n) is 8.54. The van der Waals surface area contributed by atoms with Gasteiger partial charge in [0, 0.05) is 0 Å². The molecule has 0 saturated carbocycles. The molecule has 1 amide bonds. The maximum atomic E-state index is 11.1. The summed E-state index contributed by atoms with van der Waals surface area (Å²) in [6.07, 6.45) is 3.28. The number of nitrogens with zero attached hydrogens (tertiary/aromatic N) is 1. The number of carbonyl (C=O) groups excluding carboxylic acids is 1. The third-order valence-corrected chi connectivity index (χ3v) is 3.38. The van der Waals surface area contributed by atoms with Crippen molar-refractivity contribution in [1.29, 1.82) is 0 Å². The van der Waals surface area contributed by atoms with Crippen LogP contribution in [0.25, 0.3) is 0 Å². The van der Waals surface area contributed by atoms with Crippen LogP contribution in [0.5, 0.6) is 0 Å². The van der Waals surface area contributed by atoms with Crippen molar-refractivity contribution in [2.45, 2.75) is 25.3 Å². The average Bonchev–Trinajstić information content (AvgIpc) is 2.49. The van der Waals surface area contributed by atoms with Crippen molar-refractivity contribution in [3.8, 4) is 0 Å². The zero-order valence-corrected chi connectivity index (χ0v) is 8.54. The van der Waals surface area contributed by atoms with Gasteiger partial charge in [-0.1, -0.05) is 0 Å². The van der Waals surface area contributed by atoms with Crippen molar-refractivity contribution >= 4 is 5.91 Å². The minimum atomic E-state index is -0.144. The predicted molar refractivity (Wildman–Crippen MR) is 54.8 cm³/mol. The Morgan fingerprint density at radius 3 is 2.86 bits per heavy atom. The van der Waals surface area contributed by atoms with Gasteiger partial charge in [-0.2, -0.15) is 0 Å². The van der Waals surface area contributed by atoms with Crippen LogP contribution in [0, 0.1) is 5.92 Å². The van der Waals surface area contributed by atoms with Crippen molar-refractivity contribution in [1.82, 2.24) is 10.2 Å². The molecule has 0 spiro atoms. The highest BCUT2D eigenvalue weighted by Crippen LogP contribution is 2.19. The van der Waals surface area contributed by atoms with Gasteiger partial charge in [0.25, 0.3) is 0 Å². The van der Waals surface area contributed by atoms with Crippen LogP contribution in [0.4, 0.5) is 0 Å². The molecule has 14 heavy (non-hydrogen) atoms. The first-order valence-corrected chi connectivity index (χ1v) is 5.51. The second kappa shape index (κ2) is 4.28. The SMILES string of the molecule is NC(=O)C1CCCN1CCC1CNC1. The quantitative estimate of drug-likeness (QED) is 0.641. The standard InChI is InChI=1S/C10H19N3O/c11-10(14)9-2-1-4-13(9)5-3-8-6-12-7-8/h8-9,12H,1-7H2,(H2,11,14). The lowest BCUT2D eigenvalue weighted by Gasteiger charge is -2.30. The number of rotatable bonds is 4. The number of amides is 1. The highest BCUT2D eigenvalue weighted by Gasteiger charge is 2.29. The van der Waals surface area contributed by atoms with Gasteiger partial charge in [0.05, 0.1) is 6.04 Å². The summed E-state index contributed by atoms with van der Waals surface area (Å²) >= 11 is 0. The molecule has 1 unspecified atom stereocenters. The Bertz CT molecular complexity index is 215. The van der Waals surface area contributed by atoms with Crippen molar-refractivity contribution in [2.75, 3.05) is 26.2 Å². The Morgan fingerprint density at radius 1 is 1.50 bits per heavy atom. The normalized spacial score (nSPS) is 29.0. The molecule has 3 N–H and O–H groups in total. The smallest absolute Gasteiger partial charge is 0.234 e. The third kappa shape index (κ3) is 2.07. The molecule has 0 bridgehead atoms. The van der Waals surface area contributed by atoms with E-state index in [0.29, 0.717) is 0 Å². The highest BCUT2D eigenvalue weighted by molar-refractivity contribution is 5.80. The van der Waals surface area contributed by atoms with Gasteiger partial charge >= 0.3 is 0 Å². The molecule has 4 nitrogen and oxygen atoms in total. The summed E-state index contributed by atoms with van der Waals surface area (Å²) in [5.74, 6) is 0.679. The molecule has 80 valence electrons. The van der Waals surface area contributed by atoms with E-state index in [1.165, 1.54) is 6.42 Å². The molecule has 2 heterocycles. The minimum Gasteiger partial charge on any atom is -0.368 e. The Hall–Kier alpha value is -0.610. The van der Waals surface area contributed by atoms with Crippen LogP contribution in [0.15, 0.2) is 0 Å². The molecule has 2 aliphatic heterocycles. The van der Waals surface area contributed by atoms with Crippen molar-refractivity contribution in [2.24, 2.45) is 11.7 Å². The Kier molecular flexibility index (Phi) is 3.03. The van der Waals surface area contributed by atoms with Crippen LogP contribution in [0.3, 0.4) is 0 Å². The summed E-state index contributed by atoms with van der Waals surface area (Å²) < 4.78 is 0. The van der Waals surface area contributed by atoms with E-state index in [1.807, 2.05) is 0 Å². The number of likely N-dealkylation sites (tertiary alicyclic amines) is 1. The van der Waals surface area contributed by atoms with Crippen molar-refractivity contribution in [3.63, 3.8) is 0 Å². The number of nitrogens with one attached hydrogen (secondary N) is 1. The van der Waals surface area contributed by atoms with Gasteiger partial charge in [0.15, 0.2) is 0 Å². The van der Waals surface area contributed by atoms with E-state index in [4.69, 9.17) is 5.73 Å². The molecule has 0 radical (unpaired) electrons. The van der Waals surface area contributed by atoms with Crippen LogP contribution in [0.1, 0.15) is 19.3 Å². The van der Waals surface area contributed by atoms with Gasteiger partial charge < -0.3 is 11.1 Å². The van der Waals surface area contributed by atoms with Crippen molar-refractivity contribution < 1.29 is 4.79 Å². The molecular weight excluding hydrogens is 178 g/mol. The van der Waals surface area contributed by atoms with E-state index >= 15 is 0 Å². The second-order valence-electron chi connectivity index (χ2n) is 4.41. The fraction of sp³-hybridized carbons (Fsp3) is 0.900. The molecule has 0 aromatic heterocycles. The number of primary amides is 1. The lowest BCUT2D eigenvalue weighted by atomic mass is 9.99. The number of carbonyl (C=O) groups is 1. The van der Waals surface area contributed by atoms with Crippen molar-refractivity contribution in [3.05, 3.63) is 0 Å². The average molecular weight is 197 g/mol. The molecular formula is C10H19N3O. The van der Waals surface area contributed by atoms with Crippen LogP contribution < -0.4 is 11.1 Å². The molecule has 2 aliphatic rings. The molecule has 1 atom stereocenters. The summed E-state index contributed by atoms with van der Waals surface area (Å²) in [6.45, 7) is 4.39. The monoisotopic (exact) mass is 197 g/mol. The summed E-state index contributed by atoms with van der Waals surface area (Å²) in [5.41, 5.74) is 5.35. The van der Waals surface area contributed by atoms with Crippen LogP contribution in [0.2, 0.25) is 0 Å². The largest absolute Gasteiger partial charge is 0.368 e. The van der Waals surface area contributed by atoms with E-state index in [2.05, 4.69) is 10.2 Å². The fourth-order valence-corrected chi connectivity index (χ4v) is 2.32. The first kappa shape index (κ1) is 9.93. The van der Waals surface area contributed by atoms with E-state index in [0.717, 1.165) is 44.9 Å². The highest BCUT2D eigenvalue weighted by atomic mass is 16.1. The van der Waals surface area contributed by atoms with Gasteiger partial charge in [-0.25, -0.2) is 0 Å². The Labute approximate surface area is 84.8 Å². The zero-order chi connectivity index (χ0) is 9.97. The maximum absolute atomic E-state index is 11.1. The fourth-order valence-electron chi connectivity index (χ4n) is 2.32. The van der Waals surface area contributed by atoms with Gasteiger partial charge in [-0.3, -0.25) is 9.69 Å². The van der Waals surface area contributed by atoms with Crippen LogP contribution in [-0.2, 0) is 4.79 Å². The molecule has 0 aromatic carbocycles. The lowest BCUT2D eigenvalue weighted by Crippen LogP contribution is -2.46. The van der Waals surface area contributed by atoms with Gasteiger partial charge in [-0.05, 0) is 51.4 Å². The number of hydrogen-bond donors (Lipinski definition) is 2. The molecule has 4 heteroatoms. The third-order valence-electron chi connectivity index (χ3n) is 3.38. The first-order valence-electron chi connectivity index (χ1n) is 5.51. The van der Waals surface area contributed by atoms with E-state index in [9.17, 15) is 4.79 Å². The lowest BCUT2D eigenvalue weighted by molar-refractivity contribution is -0.122. The summed E-state index contributed by atoms with van der Waals surface area (Å²) in [5, 5.41) is 3.26. The maximum Gasteiger partial charge on any atom is 0.234 e. The number of hydrogen-bond acceptors (Lipinski definition) is 3. The molecule has 2 rings (SSSR count). The van der Waals surface area contributed by atoms with Crippen LogP contribution in [-0.4, -0.2) is 43.0 Å². The topological polar surface area (TPSA) is 58.4 Å². The van der Waals surface area contributed by atoms with Crippen LogP contribution >= 0.6 is 0 Å². The molecule has 0 aliphatic carbocycles. The summed E-state index contributed by atoms with van der Waals surface area (Å²) in [7, 11) is 0. The molecule has 0 aromatic rings. The van der Waals surface area contributed by atoms with Gasteiger partial charge in [-0.15, -0.1) is 0 Å². The number of nitrogens with two attached hydrogens (primary N) is 1. The minimum absolute atomic E-state index is 0.0167. The van der Waals surface area contributed by atoms with Gasteiger partial charge in [0.1, 0.15) is 0 Å². The van der Waals surface area contributed by atoms with E-state index in [1.54, 1.807) is 0 Å². The first-order chi connectivity index (χ1) is 6.77. The molecule has 2 saturated heterocycles. The molecule has 2 fully saturated rings. The Balaban J connectivity index is 1.75. The summed E-state index contributed by atoms with van der Waals surface area (Å²) in [4.78, 5) is 13.4. The van der Waals surface area contributed by atoms with Gasteiger partial charge in [0.2, 0.25) is 5.91 Å². The Morgan fingerprint density at radius 2 is 2.29 bits per heavy atom. The van der Waals surface area contributed by atoms with E-state index < -0.39 is 0 Å². The van der Waals surface area contributed by atoms with E-state index in [-0.39, 0.29) is 11.9 Å². The second-order valence-corrected chi connectivity index (χ2v) is 4.41.